The van der Waals surface area contributed by atoms with Gasteiger partial charge in [0.15, 0.2) is 11.5 Å². The van der Waals surface area contributed by atoms with Crippen LogP contribution in [0.15, 0.2) is 30.3 Å². The van der Waals surface area contributed by atoms with Crippen LogP contribution in [0.4, 0.5) is 10.5 Å². The molecule has 3 amide bonds. The number of nitrogens with zero attached hydrogens (tertiary/aromatic N) is 1. The number of hydroxylamine groups is 1. The highest BCUT2D eigenvalue weighted by atomic mass is 35.5. The van der Waals surface area contributed by atoms with E-state index < -0.39 is 23.9 Å². The smallest absolute Gasteiger partial charge is 0.409 e. The fourth-order valence-corrected chi connectivity index (χ4v) is 3.89. The maximum absolute atomic E-state index is 13.4. The van der Waals surface area contributed by atoms with E-state index >= 15 is 0 Å². The number of fused-ring (bicyclic) bond motifs is 1. The Hall–Kier alpha value is -3.50. The molecule has 0 bridgehead atoms. The molecule has 0 aromatic heterocycles. The largest absolute Gasteiger partial charge is 0.493 e. The molecule has 0 unspecified atom stereocenters. The molecular weight excluding hydrogens is 478 g/mol. The zero-order valence-electron chi connectivity index (χ0n) is 19.5. The predicted molar refractivity (Wildman–Crippen MR) is 128 cm³/mol. The first-order valence-corrected chi connectivity index (χ1v) is 11.5. The van der Waals surface area contributed by atoms with Crippen molar-refractivity contribution in [3.8, 4) is 11.5 Å². The first kappa shape index (κ1) is 26.1. The number of amides is 3. The van der Waals surface area contributed by atoms with Crippen molar-refractivity contribution in [3.05, 3.63) is 52.0 Å². The van der Waals surface area contributed by atoms with Crippen molar-refractivity contribution in [3.63, 3.8) is 0 Å². The highest BCUT2D eigenvalue weighted by Crippen LogP contribution is 2.41. The topological polar surface area (TPSA) is 137 Å². The molecule has 2 aromatic carbocycles. The van der Waals surface area contributed by atoms with Gasteiger partial charge in [-0.1, -0.05) is 36.9 Å². The molecule has 0 saturated heterocycles. The highest BCUT2D eigenvalue weighted by Gasteiger charge is 2.38. The summed E-state index contributed by atoms with van der Waals surface area (Å²) in [6.07, 6.45) is 2.92. The maximum atomic E-state index is 13.4. The molecule has 1 fully saturated rings. The van der Waals surface area contributed by atoms with Crippen molar-refractivity contribution >= 4 is 35.2 Å². The molecule has 11 heteroatoms. The Morgan fingerprint density at radius 3 is 2.46 bits per heavy atom. The molecule has 1 aliphatic carbocycles. The van der Waals surface area contributed by atoms with Crippen LogP contribution in [-0.2, 0) is 11.3 Å². The Balaban J connectivity index is 0.00000106. The second-order valence-corrected chi connectivity index (χ2v) is 8.38. The van der Waals surface area contributed by atoms with Crippen molar-refractivity contribution < 1.29 is 34.2 Å². The van der Waals surface area contributed by atoms with Gasteiger partial charge in [-0.25, -0.2) is 10.3 Å². The predicted octanol–water partition coefficient (Wildman–Crippen LogP) is 4.60. The molecule has 1 heterocycles. The third-order valence-corrected chi connectivity index (χ3v) is 5.76. The molecule has 1 atom stereocenters. The van der Waals surface area contributed by atoms with Crippen LogP contribution in [0.5, 0.6) is 11.5 Å². The first-order chi connectivity index (χ1) is 16.8. The molecule has 0 spiro atoms. The zero-order valence-corrected chi connectivity index (χ0v) is 20.2. The van der Waals surface area contributed by atoms with Crippen molar-refractivity contribution in [1.29, 1.82) is 0 Å². The lowest BCUT2D eigenvalue weighted by atomic mass is 10.0. The van der Waals surface area contributed by atoms with Crippen LogP contribution >= 0.6 is 11.6 Å². The average Bonchev–Trinajstić information content (AvgIpc) is 3.68. The van der Waals surface area contributed by atoms with Gasteiger partial charge in [0.25, 0.3) is 5.91 Å². The van der Waals surface area contributed by atoms with Gasteiger partial charge in [0.05, 0.1) is 37.4 Å². The molecule has 4 rings (SSSR count). The standard InChI is InChI=1S/C21H22ClN3O7.C3H6/c1-3-32-17-8-11(4-7-16(17)31-2)15(9-18(26)24-30)25-10-12-13(22)5-6-14(23-21(28)29)19(12)20(25)27;1-2-3-1/h4-8,15,23,30H,3,9-10H2,1-2H3,(H,24,26)(H,28,29);1-3H2/t15-;/m1./s1. The van der Waals surface area contributed by atoms with E-state index in [-0.39, 0.29) is 24.2 Å². The van der Waals surface area contributed by atoms with E-state index in [0.717, 1.165) is 0 Å². The third kappa shape index (κ3) is 6.34. The quantitative estimate of drug-likeness (QED) is 0.304. The van der Waals surface area contributed by atoms with Crippen LogP contribution in [0.3, 0.4) is 0 Å². The second-order valence-electron chi connectivity index (χ2n) is 7.97. The summed E-state index contributed by atoms with van der Waals surface area (Å²) >= 11 is 6.29. The van der Waals surface area contributed by atoms with Crippen LogP contribution < -0.4 is 20.3 Å². The minimum absolute atomic E-state index is 0.0432. The molecule has 2 aliphatic rings. The van der Waals surface area contributed by atoms with Crippen LogP contribution in [0.2, 0.25) is 5.02 Å². The number of carboxylic acid groups (broad SMARTS) is 1. The number of ether oxygens (including phenoxy) is 2. The number of hydrogen-bond acceptors (Lipinski definition) is 6. The molecule has 188 valence electrons. The molecule has 10 nitrogen and oxygen atoms in total. The number of carbonyl (C=O) groups is 3. The fourth-order valence-electron chi connectivity index (χ4n) is 3.68. The lowest BCUT2D eigenvalue weighted by molar-refractivity contribution is -0.130. The van der Waals surface area contributed by atoms with Gasteiger partial charge >= 0.3 is 6.09 Å². The van der Waals surface area contributed by atoms with Gasteiger partial charge in [-0.15, -0.1) is 0 Å². The van der Waals surface area contributed by atoms with Crippen LogP contribution in [-0.4, -0.2) is 46.8 Å². The minimum Gasteiger partial charge on any atom is -0.493 e. The third-order valence-electron chi connectivity index (χ3n) is 5.41. The summed E-state index contributed by atoms with van der Waals surface area (Å²) in [5, 5.41) is 20.7. The average molecular weight is 506 g/mol. The Labute approximate surface area is 207 Å². The number of benzene rings is 2. The summed E-state index contributed by atoms with van der Waals surface area (Å²) in [6, 6.07) is 7.10. The number of rotatable bonds is 8. The number of halogens is 1. The number of hydrogen-bond donors (Lipinski definition) is 4. The summed E-state index contributed by atoms with van der Waals surface area (Å²) < 4.78 is 10.9. The number of methoxy groups -OCH3 is 1. The van der Waals surface area contributed by atoms with Crippen molar-refractivity contribution in [2.75, 3.05) is 19.0 Å². The fraction of sp³-hybridized carbons (Fsp3) is 0.375. The van der Waals surface area contributed by atoms with Gasteiger partial charge in [0.2, 0.25) is 5.91 Å². The Kier molecular flexibility index (Phi) is 8.78. The number of carbonyl (C=O) groups excluding carboxylic acids is 2. The van der Waals surface area contributed by atoms with Crippen LogP contribution in [0, 0.1) is 0 Å². The summed E-state index contributed by atoms with van der Waals surface area (Å²) in [7, 11) is 1.49. The Morgan fingerprint density at radius 2 is 1.89 bits per heavy atom. The summed E-state index contributed by atoms with van der Waals surface area (Å²) in [5.74, 6) is -0.302. The first-order valence-electron chi connectivity index (χ1n) is 11.2. The van der Waals surface area contributed by atoms with Gasteiger partial charge in [-0.05, 0) is 36.8 Å². The van der Waals surface area contributed by atoms with E-state index in [9.17, 15) is 14.4 Å². The molecule has 4 N–H and O–H groups in total. The molecule has 2 aromatic rings. The van der Waals surface area contributed by atoms with Crippen molar-refractivity contribution in [2.45, 2.75) is 45.2 Å². The van der Waals surface area contributed by atoms with Gasteiger partial charge in [-0.3, -0.25) is 20.1 Å². The summed E-state index contributed by atoms with van der Waals surface area (Å²) in [4.78, 5) is 38.0. The Bertz CT molecular complexity index is 1100. The van der Waals surface area contributed by atoms with Gasteiger partial charge in [0.1, 0.15) is 0 Å². The van der Waals surface area contributed by atoms with Crippen LogP contribution in [0.25, 0.3) is 0 Å². The van der Waals surface area contributed by atoms with E-state index in [0.29, 0.717) is 34.3 Å². The van der Waals surface area contributed by atoms with E-state index in [4.69, 9.17) is 31.4 Å². The zero-order chi connectivity index (χ0) is 25.5. The lowest BCUT2D eigenvalue weighted by Gasteiger charge is -2.28. The van der Waals surface area contributed by atoms with Crippen molar-refractivity contribution in [2.24, 2.45) is 0 Å². The van der Waals surface area contributed by atoms with E-state index in [2.05, 4.69) is 5.32 Å². The monoisotopic (exact) mass is 505 g/mol. The van der Waals surface area contributed by atoms with E-state index in [1.807, 2.05) is 6.92 Å². The Morgan fingerprint density at radius 1 is 1.17 bits per heavy atom. The molecular formula is C24H28ClN3O7. The van der Waals surface area contributed by atoms with Gasteiger partial charge < -0.3 is 19.5 Å². The molecule has 35 heavy (non-hydrogen) atoms. The molecule has 1 aliphatic heterocycles. The molecule has 1 saturated carbocycles. The lowest BCUT2D eigenvalue weighted by Crippen LogP contribution is -2.33. The SMILES string of the molecule is C1CC1.CCOc1cc([C@@H](CC(=O)NO)N2Cc3c(Cl)ccc(NC(=O)O)c3C2=O)ccc1OC. The van der Waals surface area contributed by atoms with Crippen LogP contribution in [0.1, 0.15) is 60.1 Å². The maximum Gasteiger partial charge on any atom is 0.409 e. The highest BCUT2D eigenvalue weighted by molar-refractivity contribution is 6.32. The number of nitrogens with one attached hydrogen (secondary N) is 2. The normalized spacial score (nSPS) is 14.3. The van der Waals surface area contributed by atoms with E-state index in [1.165, 1.54) is 43.4 Å². The van der Waals surface area contributed by atoms with E-state index in [1.54, 1.807) is 23.7 Å². The van der Waals surface area contributed by atoms with Gasteiger partial charge in [0, 0.05) is 17.1 Å². The molecule has 0 radical (unpaired) electrons. The van der Waals surface area contributed by atoms with Gasteiger partial charge in [-0.2, -0.15) is 0 Å². The van der Waals surface area contributed by atoms with Crippen molar-refractivity contribution in [1.82, 2.24) is 10.4 Å². The number of anilines is 1. The second kappa shape index (κ2) is 11.8. The minimum atomic E-state index is -1.33. The summed E-state index contributed by atoms with van der Waals surface area (Å²) in [5.41, 5.74) is 2.80. The summed E-state index contributed by atoms with van der Waals surface area (Å²) in [6.45, 7) is 2.22.